The summed E-state index contributed by atoms with van der Waals surface area (Å²) in [7, 11) is 0. The maximum atomic E-state index is 12.6. The van der Waals surface area contributed by atoms with E-state index in [4.69, 9.17) is 0 Å². The molecule has 1 aliphatic carbocycles. The van der Waals surface area contributed by atoms with E-state index in [0.717, 1.165) is 42.9 Å². The van der Waals surface area contributed by atoms with Gasteiger partial charge in [-0.25, -0.2) is 0 Å². The monoisotopic (exact) mass is 392 g/mol. The van der Waals surface area contributed by atoms with Crippen molar-refractivity contribution in [3.8, 4) is 5.75 Å². The van der Waals surface area contributed by atoms with Crippen molar-refractivity contribution in [1.29, 1.82) is 0 Å². The zero-order valence-corrected chi connectivity index (χ0v) is 15.1. The van der Waals surface area contributed by atoms with E-state index in [1.54, 1.807) is 4.90 Å². The third kappa shape index (κ3) is 4.02. The highest BCUT2D eigenvalue weighted by Crippen LogP contribution is 2.25. The highest BCUT2D eigenvalue weighted by molar-refractivity contribution is 5.94. The van der Waals surface area contributed by atoms with Gasteiger partial charge in [0.25, 0.3) is 5.91 Å². The molecule has 148 valence electrons. The second-order valence-electron chi connectivity index (χ2n) is 6.88. The molecule has 0 N–H and O–H groups in total. The van der Waals surface area contributed by atoms with Crippen molar-refractivity contribution in [3.05, 3.63) is 47.2 Å². The van der Waals surface area contributed by atoms with Crippen molar-refractivity contribution in [2.75, 3.05) is 31.1 Å². The maximum absolute atomic E-state index is 12.6. The SMILES string of the molecule is O=C(c1ccc(OC(F)(F)F)cc1)N1CCN(c2cc3c(nn2)CCC3)CC1. The van der Waals surface area contributed by atoms with E-state index < -0.39 is 6.36 Å². The Labute approximate surface area is 159 Å². The largest absolute Gasteiger partial charge is 0.573 e. The van der Waals surface area contributed by atoms with Crippen molar-refractivity contribution in [1.82, 2.24) is 15.1 Å². The number of hydrogen-bond acceptors (Lipinski definition) is 5. The molecule has 0 saturated carbocycles. The number of anilines is 1. The maximum Gasteiger partial charge on any atom is 0.573 e. The highest BCUT2D eigenvalue weighted by Gasteiger charge is 2.31. The van der Waals surface area contributed by atoms with E-state index in [9.17, 15) is 18.0 Å². The van der Waals surface area contributed by atoms with Crippen LogP contribution in [0.15, 0.2) is 30.3 Å². The van der Waals surface area contributed by atoms with E-state index in [2.05, 4.69) is 25.9 Å². The Morgan fingerprint density at radius 1 is 1.00 bits per heavy atom. The summed E-state index contributed by atoms with van der Waals surface area (Å²) in [4.78, 5) is 16.4. The number of piperazine rings is 1. The number of fused-ring (bicyclic) bond motifs is 1. The van der Waals surface area contributed by atoms with Crippen LogP contribution in [0, 0.1) is 0 Å². The van der Waals surface area contributed by atoms with Crippen molar-refractivity contribution < 1.29 is 22.7 Å². The Morgan fingerprint density at radius 3 is 2.39 bits per heavy atom. The number of alkyl halides is 3. The summed E-state index contributed by atoms with van der Waals surface area (Å²) in [5, 5.41) is 8.61. The van der Waals surface area contributed by atoms with Crippen LogP contribution in [0.3, 0.4) is 0 Å². The van der Waals surface area contributed by atoms with E-state index in [0.29, 0.717) is 31.7 Å². The van der Waals surface area contributed by atoms with Gasteiger partial charge in [-0.2, -0.15) is 5.10 Å². The molecular weight excluding hydrogens is 373 g/mol. The molecule has 0 spiro atoms. The van der Waals surface area contributed by atoms with Crippen LogP contribution < -0.4 is 9.64 Å². The summed E-state index contributed by atoms with van der Waals surface area (Å²) in [6.45, 7) is 2.29. The van der Waals surface area contributed by atoms with Crippen LogP contribution in [0.4, 0.5) is 19.0 Å². The predicted octanol–water partition coefficient (Wildman–Crippen LogP) is 2.83. The Hall–Kier alpha value is -2.84. The zero-order valence-electron chi connectivity index (χ0n) is 15.1. The molecule has 4 rings (SSSR count). The van der Waals surface area contributed by atoms with Crippen molar-refractivity contribution in [2.24, 2.45) is 0 Å². The first-order valence-electron chi connectivity index (χ1n) is 9.14. The molecule has 2 aromatic rings. The molecule has 1 fully saturated rings. The second-order valence-corrected chi connectivity index (χ2v) is 6.88. The van der Waals surface area contributed by atoms with Gasteiger partial charge in [-0.15, -0.1) is 18.3 Å². The van der Waals surface area contributed by atoms with Gasteiger partial charge in [-0.3, -0.25) is 4.79 Å². The Balaban J connectivity index is 1.36. The second kappa shape index (κ2) is 7.29. The molecule has 0 bridgehead atoms. The Bertz CT molecular complexity index is 862. The average Bonchev–Trinajstić information content (AvgIpc) is 3.15. The smallest absolute Gasteiger partial charge is 0.406 e. The summed E-state index contributed by atoms with van der Waals surface area (Å²) in [6, 6.07) is 7.09. The molecule has 28 heavy (non-hydrogen) atoms. The van der Waals surface area contributed by atoms with Crippen LogP contribution in [0.25, 0.3) is 0 Å². The van der Waals surface area contributed by atoms with E-state index in [1.807, 2.05) is 0 Å². The number of aromatic nitrogens is 2. The fraction of sp³-hybridized carbons (Fsp3) is 0.421. The number of hydrogen-bond donors (Lipinski definition) is 0. The van der Waals surface area contributed by atoms with Gasteiger partial charge < -0.3 is 14.5 Å². The topological polar surface area (TPSA) is 58.6 Å². The minimum atomic E-state index is -4.75. The summed E-state index contributed by atoms with van der Waals surface area (Å²) in [6.07, 6.45) is -1.62. The number of benzene rings is 1. The van der Waals surface area contributed by atoms with Crippen molar-refractivity contribution >= 4 is 11.7 Å². The summed E-state index contributed by atoms with van der Waals surface area (Å²) in [5.41, 5.74) is 2.67. The van der Waals surface area contributed by atoms with Crippen LogP contribution in [0.2, 0.25) is 0 Å². The van der Waals surface area contributed by atoms with Gasteiger partial charge in [-0.1, -0.05) is 0 Å². The fourth-order valence-corrected chi connectivity index (χ4v) is 3.59. The molecule has 1 aromatic carbocycles. The summed E-state index contributed by atoms with van der Waals surface area (Å²) < 4.78 is 40.5. The lowest BCUT2D eigenvalue weighted by atomic mass is 10.1. The molecule has 2 heterocycles. The molecule has 2 aliphatic rings. The molecule has 1 saturated heterocycles. The van der Waals surface area contributed by atoms with Gasteiger partial charge in [0.05, 0.1) is 5.69 Å². The first kappa shape index (κ1) is 18.5. The number of rotatable bonds is 3. The number of amides is 1. The van der Waals surface area contributed by atoms with Crippen LogP contribution in [0.5, 0.6) is 5.75 Å². The molecule has 1 aliphatic heterocycles. The first-order valence-corrected chi connectivity index (χ1v) is 9.14. The number of nitrogens with zero attached hydrogens (tertiary/aromatic N) is 4. The zero-order chi connectivity index (χ0) is 19.7. The van der Waals surface area contributed by atoms with Crippen LogP contribution in [-0.2, 0) is 12.8 Å². The Morgan fingerprint density at radius 2 is 1.71 bits per heavy atom. The van der Waals surface area contributed by atoms with E-state index in [1.165, 1.54) is 17.7 Å². The molecule has 0 radical (unpaired) electrons. The van der Waals surface area contributed by atoms with Crippen LogP contribution >= 0.6 is 0 Å². The molecule has 9 heteroatoms. The summed E-state index contributed by atoms with van der Waals surface area (Å²) in [5.74, 6) is 0.281. The predicted molar refractivity (Wildman–Crippen MR) is 95.3 cm³/mol. The third-order valence-electron chi connectivity index (χ3n) is 5.03. The van der Waals surface area contributed by atoms with Crippen molar-refractivity contribution in [2.45, 2.75) is 25.6 Å². The Kier molecular flexibility index (Phi) is 4.82. The number of halogens is 3. The molecule has 6 nitrogen and oxygen atoms in total. The van der Waals surface area contributed by atoms with E-state index >= 15 is 0 Å². The number of carbonyl (C=O) groups is 1. The molecule has 1 aromatic heterocycles. The minimum absolute atomic E-state index is 0.210. The lowest BCUT2D eigenvalue weighted by Crippen LogP contribution is -2.49. The molecule has 1 amide bonds. The minimum Gasteiger partial charge on any atom is -0.406 e. The molecule has 0 atom stereocenters. The lowest BCUT2D eigenvalue weighted by Gasteiger charge is -2.35. The first-order chi connectivity index (χ1) is 13.4. The number of aryl methyl sites for hydroxylation is 2. The van der Waals surface area contributed by atoms with Crippen molar-refractivity contribution in [3.63, 3.8) is 0 Å². The average molecular weight is 392 g/mol. The van der Waals surface area contributed by atoms with Gasteiger partial charge in [0.15, 0.2) is 5.82 Å². The number of carbonyl (C=O) groups excluding carboxylic acids is 1. The van der Waals surface area contributed by atoms with Gasteiger partial charge in [0.2, 0.25) is 0 Å². The van der Waals surface area contributed by atoms with Crippen LogP contribution in [-0.4, -0.2) is 53.5 Å². The standard InChI is InChI=1S/C19H19F3N4O2/c20-19(21,22)28-15-6-4-13(5-7-15)18(27)26-10-8-25(9-11-26)17-12-14-2-1-3-16(14)23-24-17/h4-7,12H,1-3,8-11H2. The van der Waals surface area contributed by atoms with Crippen LogP contribution in [0.1, 0.15) is 28.0 Å². The third-order valence-corrected chi connectivity index (χ3v) is 5.03. The molecular formula is C19H19F3N4O2. The van der Waals surface area contributed by atoms with Gasteiger partial charge in [0.1, 0.15) is 5.75 Å². The molecule has 0 unspecified atom stereocenters. The highest BCUT2D eigenvalue weighted by atomic mass is 19.4. The lowest BCUT2D eigenvalue weighted by molar-refractivity contribution is -0.274. The fourth-order valence-electron chi connectivity index (χ4n) is 3.59. The van der Waals surface area contributed by atoms with Gasteiger partial charge in [-0.05, 0) is 55.2 Å². The van der Waals surface area contributed by atoms with Gasteiger partial charge >= 0.3 is 6.36 Å². The number of ether oxygens (including phenoxy) is 1. The van der Waals surface area contributed by atoms with E-state index in [-0.39, 0.29) is 11.7 Å². The summed E-state index contributed by atoms with van der Waals surface area (Å²) >= 11 is 0. The quantitative estimate of drug-likeness (QED) is 0.804. The van der Waals surface area contributed by atoms with Gasteiger partial charge in [0, 0.05) is 31.7 Å². The normalized spacial score (nSPS) is 16.8.